The highest BCUT2D eigenvalue weighted by Crippen LogP contribution is 2.33. The number of nitrogens with zero attached hydrogens (tertiary/aromatic N) is 2. The van der Waals surface area contributed by atoms with E-state index in [9.17, 15) is 19.1 Å². The minimum absolute atomic E-state index is 0.0896. The zero-order valence-corrected chi connectivity index (χ0v) is 14.0. The van der Waals surface area contributed by atoms with Crippen LogP contribution in [0, 0.1) is 5.82 Å². The van der Waals surface area contributed by atoms with Crippen molar-refractivity contribution in [2.24, 2.45) is 0 Å². The second-order valence-corrected chi connectivity index (χ2v) is 6.53. The largest absolute Gasteiger partial charge is 0.477 e. The van der Waals surface area contributed by atoms with E-state index in [1.807, 2.05) is 4.90 Å². The molecule has 1 aromatic heterocycles. The molecule has 3 heterocycles. The van der Waals surface area contributed by atoms with E-state index >= 15 is 0 Å². The second kappa shape index (κ2) is 6.26. The first-order valence-corrected chi connectivity index (χ1v) is 8.42. The molecule has 4 N–H and O–H groups in total. The number of nitrogen functional groups attached to an aromatic ring is 1. The van der Waals surface area contributed by atoms with Crippen molar-refractivity contribution in [1.29, 1.82) is 0 Å². The van der Waals surface area contributed by atoms with Crippen molar-refractivity contribution in [3.8, 4) is 0 Å². The van der Waals surface area contributed by atoms with Crippen LogP contribution in [0.15, 0.2) is 17.1 Å². The summed E-state index contributed by atoms with van der Waals surface area (Å²) >= 11 is 0. The number of piperazine rings is 1. The Morgan fingerprint density at radius 3 is 2.62 bits per heavy atom. The van der Waals surface area contributed by atoms with E-state index in [1.165, 1.54) is 6.20 Å². The average molecular weight is 362 g/mol. The van der Waals surface area contributed by atoms with Crippen LogP contribution in [-0.4, -0.2) is 55.0 Å². The third-order valence-electron chi connectivity index (χ3n) is 4.98. The van der Waals surface area contributed by atoms with E-state index in [4.69, 9.17) is 10.5 Å². The standard InChI is InChI=1S/C17H19FN4O4/c18-14-12(21-3-1-20-2-4-21)5-11-13(15(14)19)16(23)10(17(24)25)6-22(11)9-7-26-8-9/h5-6,9,20H,1-4,7-8,19H2,(H,24,25). The third-order valence-corrected chi connectivity index (χ3v) is 4.98. The fourth-order valence-corrected chi connectivity index (χ4v) is 3.47. The molecule has 0 bridgehead atoms. The van der Waals surface area contributed by atoms with Gasteiger partial charge >= 0.3 is 5.97 Å². The van der Waals surface area contributed by atoms with E-state index < -0.39 is 22.8 Å². The minimum atomic E-state index is -1.36. The summed E-state index contributed by atoms with van der Waals surface area (Å²) in [5, 5.41) is 12.5. The Labute approximate surface area is 147 Å². The van der Waals surface area contributed by atoms with E-state index in [0.717, 1.165) is 13.1 Å². The number of hydrogen-bond donors (Lipinski definition) is 3. The van der Waals surface area contributed by atoms with Crippen molar-refractivity contribution >= 4 is 28.2 Å². The van der Waals surface area contributed by atoms with Gasteiger partial charge in [0.2, 0.25) is 5.43 Å². The summed E-state index contributed by atoms with van der Waals surface area (Å²) in [6.45, 7) is 3.48. The Balaban J connectivity index is 2.01. The Morgan fingerprint density at radius 1 is 1.35 bits per heavy atom. The summed E-state index contributed by atoms with van der Waals surface area (Å²) in [5.74, 6) is -2.05. The quantitative estimate of drug-likeness (QED) is 0.678. The van der Waals surface area contributed by atoms with Gasteiger partial charge in [-0.15, -0.1) is 0 Å². The van der Waals surface area contributed by atoms with Crippen LogP contribution in [0.2, 0.25) is 0 Å². The SMILES string of the molecule is Nc1c(F)c(N2CCNCC2)cc2c1c(=O)c(C(=O)O)cn2C1COC1. The number of aromatic carboxylic acids is 1. The average Bonchev–Trinajstić information content (AvgIpc) is 2.58. The maximum absolute atomic E-state index is 15.0. The number of nitrogens with one attached hydrogen (secondary N) is 1. The van der Waals surface area contributed by atoms with E-state index in [1.54, 1.807) is 10.6 Å². The van der Waals surface area contributed by atoms with Gasteiger partial charge in [-0.25, -0.2) is 9.18 Å². The van der Waals surface area contributed by atoms with E-state index in [2.05, 4.69) is 5.32 Å². The number of benzene rings is 1. The Hall–Kier alpha value is -2.65. The number of hydrogen-bond acceptors (Lipinski definition) is 6. The van der Waals surface area contributed by atoms with E-state index in [-0.39, 0.29) is 17.1 Å². The minimum Gasteiger partial charge on any atom is -0.477 e. The lowest BCUT2D eigenvalue weighted by Gasteiger charge is -2.33. The molecule has 0 amide bonds. The number of nitrogens with two attached hydrogens (primary N) is 1. The molecular formula is C17H19FN4O4. The summed E-state index contributed by atoms with van der Waals surface area (Å²) in [7, 11) is 0. The van der Waals surface area contributed by atoms with Crippen molar-refractivity contribution < 1.29 is 19.0 Å². The predicted octanol–water partition coefficient (Wildman–Crippen LogP) is 0.402. The van der Waals surface area contributed by atoms with Crippen molar-refractivity contribution in [3.63, 3.8) is 0 Å². The van der Waals surface area contributed by atoms with Crippen LogP contribution in [0.4, 0.5) is 15.8 Å². The lowest BCUT2D eigenvalue weighted by atomic mass is 10.1. The molecule has 2 fully saturated rings. The molecule has 2 aromatic rings. The van der Waals surface area contributed by atoms with Crippen molar-refractivity contribution in [1.82, 2.24) is 9.88 Å². The monoisotopic (exact) mass is 362 g/mol. The molecule has 0 spiro atoms. The first-order chi connectivity index (χ1) is 12.5. The number of carboxylic acid groups (broad SMARTS) is 1. The number of aromatic nitrogens is 1. The van der Waals surface area contributed by atoms with Gasteiger partial charge in [0, 0.05) is 32.4 Å². The molecule has 2 aliphatic heterocycles. The number of carbonyl (C=O) groups is 1. The first kappa shape index (κ1) is 16.8. The van der Waals surface area contributed by atoms with Crippen LogP contribution in [0.1, 0.15) is 16.4 Å². The molecule has 9 heteroatoms. The maximum atomic E-state index is 15.0. The summed E-state index contributed by atoms with van der Waals surface area (Å²) in [6, 6.07) is 1.48. The van der Waals surface area contributed by atoms with Crippen molar-refractivity contribution in [2.45, 2.75) is 6.04 Å². The normalized spacial score (nSPS) is 18.1. The molecule has 0 saturated carbocycles. The van der Waals surface area contributed by atoms with Gasteiger partial charge in [0.05, 0.1) is 41.5 Å². The zero-order valence-electron chi connectivity index (χ0n) is 14.0. The molecule has 26 heavy (non-hydrogen) atoms. The highest BCUT2D eigenvalue weighted by Gasteiger charge is 2.28. The number of rotatable bonds is 3. The molecule has 138 valence electrons. The molecule has 2 saturated heterocycles. The van der Waals surface area contributed by atoms with Crippen LogP contribution in [0.5, 0.6) is 0 Å². The van der Waals surface area contributed by atoms with Gasteiger partial charge in [0.15, 0.2) is 5.82 Å². The van der Waals surface area contributed by atoms with Gasteiger partial charge in [0.25, 0.3) is 0 Å². The van der Waals surface area contributed by atoms with E-state index in [0.29, 0.717) is 37.5 Å². The Bertz CT molecular complexity index is 948. The summed E-state index contributed by atoms with van der Waals surface area (Å²) in [6.07, 6.45) is 1.30. The van der Waals surface area contributed by atoms with Gasteiger partial charge in [-0.3, -0.25) is 4.79 Å². The predicted molar refractivity (Wildman–Crippen MR) is 94.5 cm³/mol. The lowest BCUT2D eigenvalue weighted by Crippen LogP contribution is -2.44. The summed E-state index contributed by atoms with van der Waals surface area (Å²) in [5.41, 5.74) is 5.22. The van der Waals surface area contributed by atoms with Crippen molar-refractivity contribution in [2.75, 3.05) is 50.0 Å². The summed E-state index contributed by atoms with van der Waals surface area (Å²) in [4.78, 5) is 26.0. The number of pyridine rings is 1. The molecular weight excluding hydrogens is 343 g/mol. The molecule has 1 aromatic carbocycles. The number of anilines is 2. The zero-order chi connectivity index (χ0) is 18.4. The van der Waals surface area contributed by atoms with Crippen LogP contribution < -0.4 is 21.4 Å². The van der Waals surface area contributed by atoms with Crippen LogP contribution in [0.3, 0.4) is 0 Å². The molecule has 2 aliphatic rings. The molecule has 8 nitrogen and oxygen atoms in total. The fourth-order valence-electron chi connectivity index (χ4n) is 3.47. The van der Waals surface area contributed by atoms with Gasteiger partial charge in [-0.1, -0.05) is 0 Å². The van der Waals surface area contributed by atoms with Crippen LogP contribution in [-0.2, 0) is 4.74 Å². The van der Waals surface area contributed by atoms with Gasteiger partial charge in [-0.05, 0) is 6.07 Å². The maximum Gasteiger partial charge on any atom is 0.341 e. The highest BCUT2D eigenvalue weighted by molar-refractivity contribution is 5.99. The molecule has 0 aliphatic carbocycles. The number of ether oxygens (including phenoxy) is 1. The van der Waals surface area contributed by atoms with Gasteiger partial charge < -0.3 is 30.4 Å². The van der Waals surface area contributed by atoms with Gasteiger partial charge in [0.1, 0.15) is 5.56 Å². The number of carboxylic acids is 1. The topological polar surface area (TPSA) is 110 Å². The lowest BCUT2D eigenvalue weighted by molar-refractivity contribution is -0.0217. The molecule has 0 unspecified atom stereocenters. The van der Waals surface area contributed by atoms with Gasteiger partial charge in [-0.2, -0.15) is 0 Å². The second-order valence-electron chi connectivity index (χ2n) is 6.53. The summed E-state index contributed by atoms with van der Waals surface area (Å²) < 4.78 is 21.8. The fraction of sp³-hybridized carbons (Fsp3) is 0.412. The highest BCUT2D eigenvalue weighted by atomic mass is 19.1. The Morgan fingerprint density at radius 2 is 2.04 bits per heavy atom. The van der Waals surface area contributed by atoms with Crippen molar-refractivity contribution in [3.05, 3.63) is 33.9 Å². The molecule has 0 atom stereocenters. The third kappa shape index (κ3) is 2.51. The molecule has 0 radical (unpaired) electrons. The smallest absolute Gasteiger partial charge is 0.341 e. The Kier molecular flexibility index (Phi) is 4.04. The van der Waals surface area contributed by atoms with Crippen LogP contribution >= 0.6 is 0 Å². The molecule has 4 rings (SSSR count). The number of fused-ring (bicyclic) bond motifs is 1. The first-order valence-electron chi connectivity index (χ1n) is 8.42. The van der Waals surface area contributed by atoms with Crippen LogP contribution in [0.25, 0.3) is 10.9 Å². The number of halogens is 1.